The van der Waals surface area contributed by atoms with E-state index in [2.05, 4.69) is 23.8 Å². The van der Waals surface area contributed by atoms with Crippen LogP contribution in [0.4, 0.5) is 21.9 Å². The summed E-state index contributed by atoms with van der Waals surface area (Å²) in [6.07, 6.45) is 2.89. The minimum atomic E-state index is -3.92. The van der Waals surface area contributed by atoms with Crippen LogP contribution in [0.25, 0.3) is 0 Å². The highest BCUT2D eigenvalue weighted by Crippen LogP contribution is 2.31. The second-order valence-electron chi connectivity index (χ2n) is 9.58. The van der Waals surface area contributed by atoms with Crippen molar-refractivity contribution in [3.8, 4) is 5.75 Å². The zero-order chi connectivity index (χ0) is 26.6. The Labute approximate surface area is 220 Å². The molecule has 3 aromatic rings. The van der Waals surface area contributed by atoms with Gasteiger partial charge in [0.1, 0.15) is 10.6 Å². The number of hydrogen-bond donors (Lipinski definition) is 1. The number of methoxy groups -OCH3 is 1. The Morgan fingerprint density at radius 2 is 1.65 bits per heavy atom. The molecule has 1 aliphatic rings. The number of carbonyl (C=O) groups is 1. The largest absolute Gasteiger partial charge is 0.495 e. The van der Waals surface area contributed by atoms with E-state index in [-0.39, 0.29) is 22.6 Å². The lowest BCUT2D eigenvalue weighted by atomic mass is 10.0. The Morgan fingerprint density at radius 3 is 2.30 bits per heavy atom. The quantitative estimate of drug-likeness (QED) is 0.353. The summed E-state index contributed by atoms with van der Waals surface area (Å²) >= 11 is 0. The van der Waals surface area contributed by atoms with Gasteiger partial charge in [-0.05, 0) is 72.4 Å². The van der Waals surface area contributed by atoms with Gasteiger partial charge in [-0.2, -0.15) is 0 Å². The number of carbonyl (C=O) groups excluding carboxylic acids is 1. The lowest BCUT2D eigenvalue weighted by Crippen LogP contribution is -2.49. The predicted octanol–water partition coefficient (Wildman–Crippen LogP) is 6.41. The fourth-order valence-electron chi connectivity index (χ4n) is 4.54. The molecule has 0 spiro atoms. The van der Waals surface area contributed by atoms with E-state index in [0.29, 0.717) is 24.5 Å². The SMILES string of the molecule is CCCc1ccc(N2CCCN(c3cccc(NS(=O)(=O)c4cc(C(C)C)ccc4OC)c3)C2=O)cc1. The van der Waals surface area contributed by atoms with Crippen molar-refractivity contribution in [2.45, 2.75) is 50.8 Å². The van der Waals surface area contributed by atoms with E-state index in [1.54, 1.807) is 40.1 Å². The first-order valence-corrected chi connectivity index (χ1v) is 14.2. The molecule has 196 valence electrons. The topological polar surface area (TPSA) is 78.9 Å². The standard InChI is InChI=1S/C29H35N3O4S/c1-5-8-22-11-14-25(15-12-22)31-17-7-18-32(29(31)33)26-10-6-9-24(20-26)30-37(34,35)28-19-23(21(2)3)13-16-27(28)36-4/h6,9-16,19-21,30H,5,7-8,17-18H2,1-4H3. The third-order valence-corrected chi connectivity index (χ3v) is 7.97. The highest BCUT2D eigenvalue weighted by atomic mass is 32.2. The average molecular weight is 522 g/mol. The second kappa shape index (κ2) is 11.3. The Kier molecular flexibility index (Phi) is 8.07. The number of nitrogens with one attached hydrogen (secondary N) is 1. The number of ether oxygens (including phenoxy) is 1. The van der Waals surface area contributed by atoms with Crippen LogP contribution in [0.15, 0.2) is 71.6 Å². The molecule has 4 rings (SSSR count). The maximum atomic E-state index is 13.4. The maximum absolute atomic E-state index is 13.4. The first-order valence-electron chi connectivity index (χ1n) is 12.7. The Bertz CT molecular complexity index is 1350. The van der Waals surface area contributed by atoms with Crippen molar-refractivity contribution >= 4 is 33.1 Å². The van der Waals surface area contributed by atoms with E-state index in [9.17, 15) is 13.2 Å². The van der Waals surface area contributed by atoms with Gasteiger partial charge in [-0.15, -0.1) is 0 Å². The predicted molar refractivity (Wildman–Crippen MR) is 149 cm³/mol. The molecule has 1 fully saturated rings. The number of aryl methyl sites for hydroxylation is 1. The van der Waals surface area contributed by atoms with Crippen molar-refractivity contribution in [2.75, 3.05) is 34.7 Å². The number of anilines is 3. The minimum Gasteiger partial charge on any atom is -0.495 e. The van der Waals surface area contributed by atoms with Gasteiger partial charge in [0.05, 0.1) is 12.8 Å². The molecule has 0 aliphatic carbocycles. The van der Waals surface area contributed by atoms with Gasteiger partial charge in [-0.3, -0.25) is 14.5 Å². The molecule has 1 aliphatic heterocycles. The Morgan fingerprint density at radius 1 is 0.946 bits per heavy atom. The zero-order valence-electron chi connectivity index (χ0n) is 21.9. The molecule has 0 saturated carbocycles. The van der Waals surface area contributed by atoms with Crippen molar-refractivity contribution in [3.63, 3.8) is 0 Å². The van der Waals surface area contributed by atoms with Crippen LogP contribution in [-0.4, -0.2) is 34.6 Å². The van der Waals surface area contributed by atoms with E-state index in [0.717, 1.165) is 30.5 Å². The summed E-state index contributed by atoms with van der Waals surface area (Å²) in [5.41, 5.74) is 4.03. The first-order chi connectivity index (χ1) is 17.7. The Balaban J connectivity index is 1.57. The number of urea groups is 1. The van der Waals surface area contributed by atoms with Gasteiger partial charge in [0.2, 0.25) is 0 Å². The van der Waals surface area contributed by atoms with Gasteiger partial charge in [0, 0.05) is 24.5 Å². The molecule has 7 nitrogen and oxygen atoms in total. The van der Waals surface area contributed by atoms with Crippen LogP contribution in [-0.2, 0) is 16.4 Å². The van der Waals surface area contributed by atoms with Crippen LogP contribution >= 0.6 is 0 Å². The summed E-state index contributed by atoms with van der Waals surface area (Å²) < 4.78 is 34.7. The smallest absolute Gasteiger partial charge is 0.328 e. The monoisotopic (exact) mass is 521 g/mol. The molecule has 1 N–H and O–H groups in total. The number of benzene rings is 3. The maximum Gasteiger partial charge on any atom is 0.328 e. The fraction of sp³-hybridized carbons (Fsp3) is 0.345. The third-order valence-electron chi connectivity index (χ3n) is 6.57. The van der Waals surface area contributed by atoms with Gasteiger partial charge in [-0.25, -0.2) is 13.2 Å². The summed E-state index contributed by atoms with van der Waals surface area (Å²) in [5, 5.41) is 0. The molecule has 0 aromatic heterocycles. The van der Waals surface area contributed by atoms with Crippen molar-refractivity contribution in [1.29, 1.82) is 0 Å². The average Bonchev–Trinajstić information content (AvgIpc) is 2.89. The molecule has 0 radical (unpaired) electrons. The van der Waals surface area contributed by atoms with E-state index in [1.165, 1.54) is 12.7 Å². The first kappa shape index (κ1) is 26.5. The number of nitrogens with zero attached hydrogens (tertiary/aromatic N) is 2. The van der Waals surface area contributed by atoms with E-state index in [1.807, 2.05) is 38.1 Å². The van der Waals surface area contributed by atoms with Crippen LogP contribution < -0.4 is 19.3 Å². The number of hydrogen-bond acceptors (Lipinski definition) is 4. The van der Waals surface area contributed by atoms with Crippen LogP contribution in [0.2, 0.25) is 0 Å². The zero-order valence-corrected chi connectivity index (χ0v) is 22.7. The molecule has 0 atom stereocenters. The van der Waals surface area contributed by atoms with Crippen molar-refractivity contribution < 1.29 is 17.9 Å². The molecule has 3 aromatic carbocycles. The van der Waals surface area contributed by atoms with Gasteiger partial charge in [0.25, 0.3) is 10.0 Å². The fourth-order valence-corrected chi connectivity index (χ4v) is 5.80. The highest BCUT2D eigenvalue weighted by Gasteiger charge is 2.28. The molecule has 1 saturated heterocycles. The van der Waals surface area contributed by atoms with Crippen molar-refractivity contribution in [3.05, 3.63) is 77.9 Å². The van der Waals surface area contributed by atoms with Gasteiger partial charge in [0.15, 0.2) is 0 Å². The molecular formula is C29H35N3O4S. The molecule has 0 bridgehead atoms. The summed E-state index contributed by atoms with van der Waals surface area (Å²) in [6.45, 7) is 7.36. The van der Waals surface area contributed by atoms with E-state index < -0.39 is 10.0 Å². The number of sulfonamides is 1. The summed E-state index contributed by atoms with van der Waals surface area (Å²) in [7, 11) is -2.47. The Hall–Kier alpha value is -3.52. The van der Waals surface area contributed by atoms with E-state index >= 15 is 0 Å². The van der Waals surface area contributed by atoms with Crippen LogP contribution in [0.1, 0.15) is 50.7 Å². The van der Waals surface area contributed by atoms with Crippen molar-refractivity contribution in [2.24, 2.45) is 0 Å². The molecule has 8 heteroatoms. The second-order valence-corrected chi connectivity index (χ2v) is 11.2. The third kappa shape index (κ3) is 5.91. The normalized spacial score (nSPS) is 14.2. The summed E-state index contributed by atoms with van der Waals surface area (Å²) in [4.78, 5) is 17.0. The highest BCUT2D eigenvalue weighted by molar-refractivity contribution is 7.92. The lowest BCUT2D eigenvalue weighted by molar-refractivity contribution is 0.248. The van der Waals surface area contributed by atoms with Gasteiger partial charge in [-0.1, -0.05) is 51.5 Å². The minimum absolute atomic E-state index is 0.0818. The van der Waals surface area contributed by atoms with Crippen LogP contribution in [0.3, 0.4) is 0 Å². The summed E-state index contributed by atoms with van der Waals surface area (Å²) in [6, 6.07) is 20.2. The van der Waals surface area contributed by atoms with Crippen LogP contribution in [0, 0.1) is 0 Å². The molecule has 0 unspecified atom stereocenters. The number of rotatable bonds is 9. The molecule has 37 heavy (non-hydrogen) atoms. The van der Waals surface area contributed by atoms with Gasteiger partial charge >= 0.3 is 6.03 Å². The van der Waals surface area contributed by atoms with E-state index in [4.69, 9.17) is 4.74 Å². The molecule has 2 amide bonds. The number of amides is 2. The summed E-state index contributed by atoms with van der Waals surface area (Å²) in [5.74, 6) is 0.443. The van der Waals surface area contributed by atoms with Crippen LogP contribution in [0.5, 0.6) is 5.75 Å². The molecular weight excluding hydrogens is 486 g/mol. The van der Waals surface area contributed by atoms with Gasteiger partial charge < -0.3 is 4.74 Å². The molecule has 1 heterocycles. The lowest BCUT2D eigenvalue weighted by Gasteiger charge is -2.36. The van der Waals surface area contributed by atoms with Crippen molar-refractivity contribution in [1.82, 2.24) is 0 Å².